The molecule has 1 aromatic carbocycles. The van der Waals surface area contributed by atoms with Crippen LogP contribution in [0.5, 0.6) is 0 Å². The van der Waals surface area contributed by atoms with Crippen LogP contribution in [0.4, 0.5) is 5.69 Å². The topological polar surface area (TPSA) is 49.6 Å². The number of anilines is 1. The van der Waals surface area contributed by atoms with E-state index in [-0.39, 0.29) is 5.91 Å². The van der Waals surface area contributed by atoms with E-state index in [4.69, 9.17) is 5.73 Å². The minimum atomic E-state index is 0.0186. The number of hydrogen-bond acceptors (Lipinski definition) is 4. The van der Waals surface area contributed by atoms with Gasteiger partial charge in [-0.2, -0.15) is 0 Å². The molecule has 0 aliphatic carbocycles. The first-order chi connectivity index (χ1) is 9.90. The molecule has 4 nitrogen and oxygen atoms in total. The van der Waals surface area contributed by atoms with Gasteiger partial charge in [-0.3, -0.25) is 4.79 Å². The first-order valence-corrected chi connectivity index (χ1v) is 7.90. The van der Waals surface area contributed by atoms with Gasteiger partial charge in [0.2, 0.25) is 0 Å². The number of nitrogen functional groups attached to an aromatic ring is 1. The molecule has 2 rings (SSSR count). The van der Waals surface area contributed by atoms with Crippen LogP contribution >= 0.6 is 11.3 Å². The predicted molar refractivity (Wildman–Crippen MR) is 91.1 cm³/mol. The van der Waals surface area contributed by atoms with E-state index in [1.165, 1.54) is 11.3 Å². The van der Waals surface area contributed by atoms with Gasteiger partial charge in [0.1, 0.15) is 4.88 Å². The fraction of sp³-hybridized carbons (Fsp3) is 0.438. The predicted octanol–water partition coefficient (Wildman–Crippen LogP) is 2.82. The lowest BCUT2D eigenvalue weighted by Gasteiger charge is -2.18. The largest absolute Gasteiger partial charge is 0.397 e. The van der Waals surface area contributed by atoms with Crippen LogP contribution in [0.25, 0.3) is 10.1 Å². The molecule has 0 radical (unpaired) electrons. The highest BCUT2D eigenvalue weighted by Crippen LogP contribution is 2.34. The van der Waals surface area contributed by atoms with Gasteiger partial charge >= 0.3 is 0 Å². The van der Waals surface area contributed by atoms with Gasteiger partial charge in [-0.05, 0) is 46.1 Å². The third-order valence-corrected chi connectivity index (χ3v) is 4.70. The zero-order valence-electron chi connectivity index (χ0n) is 13.1. The van der Waals surface area contributed by atoms with Gasteiger partial charge in [0, 0.05) is 23.7 Å². The maximum atomic E-state index is 12.5. The number of carbonyl (C=O) groups is 1. The molecule has 0 saturated carbocycles. The van der Waals surface area contributed by atoms with Crippen molar-refractivity contribution in [1.29, 1.82) is 0 Å². The molecule has 1 heterocycles. The van der Waals surface area contributed by atoms with Gasteiger partial charge in [-0.1, -0.05) is 11.6 Å². The molecule has 2 N–H and O–H groups in total. The maximum absolute atomic E-state index is 12.5. The van der Waals surface area contributed by atoms with Crippen molar-refractivity contribution in [3.63, 3.8) is 0 Å². The summed E-state index contributed by atoms with van der Waals surface area (Å²) in [4.78, 5) is 17.1. The van der Waals surface area contributed by atoms with Crippen molar-refractivity contribution in [1.82, 2.24) is 9.80 Å². The third kappa shape index (κ3) is 3.54. The number of nitrogens with two attached hydrogens (primary N) is 1. The van der Waals surface area contributed by atoms with Crippen LogP contribution in [0.2, 0.25) is 0 Å². The number of rotatable bonds is 5. The molecule has 0 aliphatic heterocycles. The van der Waals surface area contributed by atoms with Crippen molar-refractivity contribution < 1.29 is 4.79 Å². The fourth-order valence-corrected chi connectivity index (χ4v) is 3.39. The molecular weight excluding hydrogens is 282 g/mol. The summed E-state index contributed by atoms with van der Waals surface area (Å²) >= 11 is 1.48. The Morgan fingerprint density at radius 3 is 2.62 bits per heavy atom. The van der Waals surface area contributed by atoms with Crippen LogP contribution in [-0.4, -0.2) is 49.9 Å². The standard InChI is InChI=1S/C16H23N3OS/c1-11-6-7-13-12(10-11)14(17)15(21-13)16(20)19(4)9-5-8-18(2)3/h6-7,10H,5,8-9,17H2,1-4H3. The Bertz CT molecular complexity index is 648. The highest BCUT2D eigenvalue weighted by Gasteiger charge is 2.19. The van der Waals surface area contributed by atoms with E-state index in [9.17, 15) is 4.79 Å². The molecule has 0 atom stereocenters. The van der Waals surface area contributed by atoms with E-state index in [0.717, 1.165) is 35.2 Å². The molecule has 114 valence electrons. The lowest BCUT2D eigenvalue weighted by molar-refractivity contribution is 0.0796. The maximum Gasteiger partial charge on any atom is 0.265 e. The Morgan fingerprint density at radius 2 is 1.95 bits per heavy atom. The van der Waals surface area contributed by atoms with Crippen LogP contribution in [0.15, 0.2) is 18.2 Å². The number of hydrogen-bond donors (Lipinski definition) is 1. The summed E-state index contributed by atoms with van der Waals surface area (Å²) in [5.41, 5.74) is 7.95. The van der Waals surface area contributed by atoms with Gasteiger partial charge in [0.15, 0.2) is 0 Å². The Kier molecular flexibility index (Phi) is 4.85. The van der Waals surface area contributed by atoms with Crippen molar-refractivity contribution in [2.45, 2.75) is 13.3 Å². The SMILES string of the molecule is Cc1ccc2sc(C(=O)N(C)CCCN(C)C)c(N)c2c1. The first-order valence-electron chi connectivity index (χ1n) is 7.09. The average molecular weight is 305 g/mol. The van der Waals surface area contributed by atoms with Crippen molar-refractivity contribution in [3.8, 4) is 0 Å². The minimum absolute atomic E-state index is 0.0186. The Balaban J connectivity index is 2.17. The molecule has 0 fully saturated rings. The van der Waals surface area contributed by atoms with Crippen molar-refractivity contribution in [2.24, 2.45) is 0 Å². The normalized spacial score (nSPS) is 11.3. The second kappa shape index (κ2) is 6.45. The summed E-state index contributed by atoms with van der Waals surface area (Å²) in [6.07, 6.45) is 0.957. The van der Waals surface area contributed by atoms with E-state index < -0.39 is 0 Å². The van der Waals surface area contributed by atoms with Crippen molar-refractivity contribution in [3.05, 3.63) is 28.6 Å². The fourth-order valence-electron chi connectivity index (χ4n) is 2.29. The second-order valence-corrected chi connectivity index (χ2v) is 6.78. The molecule has 2 aromatic rings. The smallest absolute Gasteiger partial charge is 0.265 e. The molecular formula is C16H23N3OS. The Morgan fingerprint density at radius 1 is 1.24 bits per heavy atom. The van der Waals surface area contributed by atoms with Crippen molar-refractivity contribution >= 4 is 33.0 Å². The Hall–Kier alpha value is -1.59. The molecule has 0 spiro atoms. The molecule has 5 heteroatoms. The van der Waals surface area contributed by atoms with E-state index in [1.54, 1.807) is 4.90 Å². The van der Waals surface area contributed by atoms with Gasteiger partial charge < -0.3 is 15.5 Å². The molecule has 21 heavy (non-hydrogen) atoms. The number of carbonyl (C=O) groups excluding carboxylic acids is 1. The van der Waals surface area contributed by atoms with Gasteiger partial charge in [-0.25, -0.2) is 0 Å². The summed E-state index contributed by atoms with van der Waals surface area (Å²) in [6.45, 7) is 3.74. The van der Waals surface area contributed by atoms with E-state index in [0.29, 0.717) is 10.6 Å². The van der Waals surface area contributed by atoms with Crippen LogP contribution in [0, 0.1) is 6.92 Å². The third-order valence-electron chi connectivity index (χ3n) is 3.52. The lowest BCUT2D eigenvalue weighted by Crippen LogP contribution is -2.29. The quantitative estimate of drug-likeness (QED) is 0.924. The molecule has 0 aliphatic rings. The monoisotopic (exact) mass is 305 g/mol. The number of amides is 1. The summed E-state index contributed by atoms with van der Waals surface area (Å²) in [5.74, 6) is 0.0186. The first kappa shape index (κ1) is 15.8. The highest BCUT2D eigenvalue weighted by molar-refractivity contribution is 7.21. The number of aryl methyl sites for hydroxylation is 1. The number of nitrogens with zero attached hydrogens (tertiary/aromatic N) is 2. The van der Waals surface area contributed by atoms with Crippen LogP contribution in [0.1, 0.15) is 21.7 Å². The molecule has 1 amide bonds. The number of thiophene rings is 1. The molecule has 1 aromatic heterocycles. The van der Waals surface area contributed by atoms with Crippen LogP contribution in [0.3, 0.4) is 0 Å². The van der Waals surface area contributed by atoms with E-state index in [1.807, 2.05) is 46.3 Å². The summed E-state index contributed by atoms with van der Waals surface area (Å²) < 4.78 is 1.07. The minimum Gasteiger partial charge on any atom is -0.397 e. The zero-order valence-corrected chi connectivity index (χ0v) is 14.0. The number of fused-ring (bicyclic) bond motifs is 1. The molecule has 0 bridgehead atoms. The summed E-state index contributed by atoms with van der Waals surface area (Å²) in [7, 11) is 5.91. The second-order valence-electron chi connectivity index (χ2n) is 5.73. The van der Waals surface area contributed by atoms with Crippen molar-refractivity contribution in [2.75, 3.05) is 40.0 Å². The highest BCUT2D eigenvalue weighted by atomic mass is 32.1. The van der Waals surface area contributed by atoms with E-state index >= 15 is 0 Å². The lowest BCUT2D eigenvalue weighted by atomic mass is 10.1. The summed E-state index contributed by atoms with van der Waals surface area (Å²) in [5, 5.41) is 0.991. The summed E-state index contributed by atoms with van der Waals surface area (Å²) in [6, 6.07) is 6.13. The Labute approximate surface area is 130 Å². The van der Waals surface area contributed by atoms with Gasteiger partial charge in [-0.15, -0.1) is 11.3 Å². The van der Waals surface area contributed by atoms with Gasteiger partial charge in [0.05, 0.1) is 5.69 Å². The van der Waals surface area contributed by atoms with Gasteiger partial charge in [0.25, 0.3) is 5.91 Å². The van der Waals surface area contributed by atoms with Crippen LogP contribution in [-0.2, 0) is 0 Å². The number of benzene rings is 1. The average Bonchev–Trinajstić information content (AvgIpc) is 2.74. The molecule has 0 saturated heterocycles. The molecule has 0 unspecified atom stereocenters. The van der Waals surface area contributed by atoms with Crippen LogP contribution < -0.4 is 5.73 Å². The zero-order chi connectivity index (χ0) is 15.6. The van der Waals surface area contributed by atoms with E-state index in [2.05, 4.69) is 4.90 Å².